The largest absolute Gasteiger partial charge is 0.444 e. The molecule has 16 heteroatoms. The van der Waals surface area contributed by atoms with E-state index in [1.807, 2.05) is 0 Å². The smallest absolute Gasteiger partial charge is 0.407 e. The minimum atomic E-state index is -1.10. The zero-order valence-electron chi connectivity index (χ0n) is 31.3. The summed E-state index contributed by atoms with van der Waals surface area (Å²) in [4.78, 5) is 60.3. The molecule has 0 saturated carbocycles. The highest BCUT2D eigenvalue weighted by Crippen LogP contribution is 2.13. The topological polar surface area (TPSA) is 189 Å². The molecule has 0 aliphatic heterocycles. The standard InChI is InChI=1S/C33H62N4O11S/c1-25(38)49-21-14-26(39)37-33(22-43-18-11-15-34-27(40)46-30(2,3)4,23-44-19-12-16-35-28(41)47-31(5,6)7)24-45-20-13-17-36-29(42)48-32(8,9)10/h11-24H2,1-10H3,(H,34,40)(H,35,41)(H,36,42)(H,37,39). The molecule has 0 aliphatic carbocycles. The number of carbonyl (C=O) groups excluding carboxylic acids is 5. The second kappa shape index (κ2) is 23.6. The maximum atomic E-state index is 13.0. The first-order valence-electron chi connectivity index (χ1n) is 16.7. The minimum absolute atomic E-state index is 0.0251. The van der Waals surface area contributed by atoms with Gasteiger partial charge in [-0.1, -0.05) is 11.8 Å². The maximum Gasteiger partial charge on any atom is 0.407 e. The average Bonchev–Trinajstić information content (AvgIpc) is 2.91. The lowest BCUT2D eigenvalue weighted by Crippen LogP contribution is -2.58. The second-order valence-electron chi connectivity index (χ2n) is 14.4. The van der Waals surface area contributed by atoms with Gasteiger partial charge in [-0.25, -0.2) is 14.4 Å². The van der Waals surface area contributed by atoms with Crippen LogP contribution < -0.4 is 21.3 Å². The molecule has 0 saturated heterocycles. The Kier molecular flexibility index (Phi) is 22.2. The first kappa shape index (κ1) is 46.2. The third-order valence-electron chi connectivity index (χ3n) is 5.58. The number of thioether (sulfide) groups is 1. The van der Waals surface area contributed by atoms with Crippen LogP contribution in [0.2, 0.25) is 0 Å². The number of carbonyl (C=O) groups is 5. The van der Waals surface area contributed by atoms with Gasteiger partial charge in [-0.05, 0) is 81.6 Å². The Balaban J connectivity index is 5.38. The van der Waals surface area contributed by atoms with Gasteiger partial charge in [0.2, 0.25) is 5.91 Å². The lowest BCUT2D eigenvalue weighted by atomic mass is 10.0. The Labute approximate surface area is 296 Å². The summed E-state index contributed by atoms with van der Waals surface area (Å²) >= 11 is 1.06. The number of nitrogens with one attached hydrogen (secondary N) is 4. The molecule has 0 aromatic rings. The van der Waals surface area contributed by atoms with Crippen molar-refractivity contribution in [3.05, 3.63) is 0 Å². The van der Waals surface area contributed by atoms with E-state index in [1.54, 1.807) is 62.3 Å². The zero-order valence-corrected chi connectivity index (χ0v) is 32.1. The molecular formula is C33H62N4O11S. The monoisotopic (exact) mass is 722 g/mol. The Morgan fingerprint density at radius 3 is 1.16 bits per heavy atom. The van der Waals surface area contributed by atoms with Crippen molar-refractivity contribution in [2.45, 2.75) is 117 Å². The first-order chi connectivity index (χ1) is 22.6. The quantitative estimate of drug-likeness (QED) is 0.0918. The molecule has 286 valence electrons. The van der Waals surface area contributed by atoms with E-state index < -0.39 is 40.6 Å². The lowest BCUT2D eigenvalue weighted by molar-refractivity contribution is -0.127. The molecule has 49 heavy (non-hydrogen) atoms. The summed E-state index contributed by atoms with van der Waals surface area (Å²) < 4.78 is 33.6. The number of hydrogen-bond donors (Lipinski definition) is 4. The highest BCUT2D eigenvalue weighted by Gasteiger charge is 2.34. The predicted molar refractivity (Wildman–Crippen MR) is 188 cm³/mol. The number of ether oxygens (including phenoxy) is 6. The first-order valence-corrected chi connectivity index (χ1v) is 17.7. The van der Waals surface area contributed by atoms with E-state index in [-0.39, 0.29) is 57.1 Å². The van der Waals surface area contributed by atoms with Crippen LogP contribution in [0.4, 0.5) is 14.4 Å². The van der Waals surface area contributed by atoms with Crippen molar-refractivity contribution < 1.29 is 52.4 Å². The highest BCUT2D eigenvalue weighted by atomic mass is 32.2. The molecule has 0 rings (SSSR count). The molecule has 4 N–H and O–H groups in total. The van der Waals surface area contributed by atoms with Crippen LogP contribution in [0.15, 0.2) is 0 Å². The van der Waals surface area contributed by atoms with Crippen molar-refractivity contribution in [3.8, 4) is 0 Å². The van der Waals surface area contributed by atoms with Gasteiger partial charge in [0.15, 0.2) is 5.12 Å². The Hall–Kier alpha value is -2.82. The molecule has 4 amide bonds. The summed E-state index contributed by atoms with van der Waals surface area (Å²) in [5, 5.41) is 11.0. The summed E-state index contributed by atoms with van der Waals surface area (Å²) in [5.41, 5.74) is -2.94. The molecule has 0 unspecified atom stereocenters. The van der Waals surface area contributed by atoms with Gasteiger partial charge in [0.1, 0.15) is 22.3 Å². The van der Waals surface area contributed by atoms with Crippen LogP contribution in [0.25, 0.3) is 0 Å². The summed E-state index contributed by atoms with van der Waals surface area (Å²) in [5.74, 6) is -0.00245. The fourth-order valence-electron chi connectivity index (χ4n) is 3.72. The van der Waals surface area contributed by atoms with E-state index in [0.29, 0.717) is 44.6 Å². The van der Waals surface area contributed by atoms with Crippen LogP contribution in [0.1, 0.15) is 94.9 Å². The number of alkyl carbamates (subject to hydrolysis) is 3. The number of rotatable bonds is 22. The van der Waals surface area contributed by atoms with Gasteiger partial charge in [-0.15, -0.1) is 0 Å². The maximum absolute atomic E-state index is 13.0. The van der Waals surface area contributed by atoms with Crippen LogP contribution in [0.5, 0.6) is 0 Å². The lowest BCUT2D eigenvalue weighted by Gasteiger charge is -2.34. The van der Waals surface area contributed by atoms with Gasteiger partial charge in [0.25, 0.3) is 0 Å². The molecule has 0 bridgehead atoms. The van der Waals surface area contributed by atoms with Gasteiger partial charge < -0.3 is 49.7 Å². The van der Waals surface area contributed by atoms with E-state index >= 15 is 0 Å². The van der Waals surface area contributed by atoms with E-state index in [2.05, 4.69) is 21.3 Å². The van der Waals surface area contributed by atoms with Crippen molar-refractivity contribution >= 4 is 41.1 Å². The minimum Gasteiger partial charge on any atom is -0.444 e. The Morgan fingerprint density at radius 1 is 0.551 bits per heavy atom. The normalized spacial score (nSPS) is 12.1. The number of amides is 4. The van der Waals surface area contributed by atoms with Gasteiger partial charge in [-0.2, -0.15) is 0 Å². The molecule has 0 fully saturated rings. The van der Waals surface area contributed by atoms with Crippen LogP contribution in [-0.4, -0.2) is 117 Å². The van der Waals surface area contributed by atoms with Gasteiger partial charge in [-0.3, -0.25) is 9.59 Å². The zero-order chi connectivity index (χ0) is 37.6. The van der Waals surface area contributed by atoms with Crippen molar-refractivity contribution in [1.29, 1.82) is 0 Å². The van der Waals surface area contributed by atoms with Crippen LogP contribution >= 0.6 is 11.8 Å². The Morgan fingerprint density at radius 2 is 0.878 bits per heavy atom. The van der Waals surface area contributed by atoms with Crippen molar-refractivity contribution in [3.63, 3.8) is 0 Å². The summed E-state index contributed by atoms with van der Waals surface area (Å²) in [7, 11) is 0. The van der Waals surface area contributed by atoms with E-state index in [9.17, 15) is 24.0 Å². The molecule has 0 heterocycles. The third-order valence-corrected chi connectivity index (χ3v) is 6.39. The molecule has 0 atom stereocenters. The predicted octanol–water partition coefficient (Wildman–Crippen LogP) is 4.31. The second-order valence-corrected chi connectivity index (χ2v) is 15.7. The number of hydrogen-bond acceptors (Lipinski definition) is 12. The molecule has 0 aliphatic rings. The molecule has 0 aromatic carbocycles. The summed E-state index contributed by atoms with van der Waals surface area (Å²) in [6.45, 7) is 19.3. The van der Waals surface area contributed by atoms with Crippen molar-refractivity contribution in [2.24, 2.45) is 0 Å². The molecule has 15 nitrogen and oxygen atoms in total. The third kappa shape index (κ3) is 29.8. The highest BCUT2D eigenvalue weighted by molar-refractivity contribution is 8.13. The van der Waals surface area contributed by atoms with E-state index in [0.717, 1.165) is 11.8 Å². The SMILES string of the molecule is CC(=O)SCCC(=O)NC(COCCCNC(=O)OC(C)(C)C)(COCCCNC(=O)OC(C)(C)C)COCCCNC(=O)OC(C)(C)C. The summed E-state index contributed by atoms with van der Waals surface area (Å²) in [6.07, 6.45) is -0.0528. The molecule has 0 radical (unpaired) electrons. The van der Waals surface area contributed by atoms with Gasteiger partial charge in [0, 0.05) is 58.6 Å². The van der Waals surface area contributed by atoms with Crippen molar-refractivity contribution in [1.82, 2.24) is 21.3 Å². The average molecular weight is 723 g/mol. The Bertz CT molecular complexity index is 910. The fourth-order valence-corrected chi connectivity index (χ4v) is 4.29. The van der Waals surface area contributed by atoms with Crippen LogP contribution in [0, 0.1) is 0 Å². The van der Waals surface area contributed by atoms with Crippen LogP contribution in [0.3, 0.4) is 0 Å². The molecule has 0 aromatic heterocycles. The van der Waals surface area contributed by atoms with E-state index in [4.69, 9.17) is 28.4 Å². The van der Waals surface area contributed by atoms with Gasteiger partial charge in [0.05, 0.1) is 19.8 Å². The van der Waals surface area contributed by atoms with Crippen molar-refractivity contribution in [2.75, 3.05) is 65.0 Å². The summed E-state index contributed by atoms with van der Waals surface area (Å²) in [6, 6.07) is 0. The fraction of sp³-hybridized carbons (Fsp3) is 0.848. The van der Waals surface area contributed by atoms with Gasteiger partial charge >= 0.3 is 18.3 Å². The van der Waals surface area contributed by atoms with Crippen LogP contribution in [-0.2, 0) is 38.0 Å². The molecular weight excluding hydrogens is 660 g/mol. The van der Waals surface area contributed by atoms with E-state index in [1.165, 1.54) is 6.92 Å². The molecule has 0 spiro atoms.